The highest BCUT2D eigenvalue weighted by molar-refractivity contribution is 5.97. The van der Waals surface area contributed by atoms with Crippen LogP contribution in [0.3, 0.4) is 0 Å². The Balaban J connectivity index is 2.12. The van der Waals surface area contributed by atoms with Crippen LogP contribution in [0.5, 0.6) is 0 Å². The van der Waals surface area contributed by atoms with Crippen LogP contribution in [0.1, 0.15) is 32.6 Å². The van der Waals surface area contributed by atoms with E-state index in [1.807, 2.05) is 30.3 Å². The molecular weight excluding hydrogens is 262 g/mol. The second-order valence-corrected chi connectivity index (χ2v) is 5.54. The van der Waals surface area contributed by atoms with Gasteiger partial charge in [0.15, 0.2) is 0 Å². The van der Waals surface area contributed by atoms with E-state index < -0.39 is 0 Å². The van der Waals surface area contributed by atoms with Crippen LogP contribution in [-0.2, 0) is 4.79 Å². The zero-order valence-electron chi connectivity index (χ0n) is 12.6. The topological polar surface area (TPSA) is 56.1 Å². The van der Waals surface area contributed by atoms with Gasteiger partial charge in [0, 0.05) is 12.2 Å². The predicted molar refractivity (Wildman–Crippen MR) is 83.8 cm³/mol. The van der Waals surface area contributed by atoms with Crippen molar-refractivity contribution < 1.29 is 4.79 Å². The van der Waals surface area contributed by atoms with Crippen LogP contribution in [0, 0.1) is 17.2 Å². The van der Waals surface area contributed by atoms with E-state index in [4.69, 9.17) is 5.26 Å². The van der Waals surface area contributed by atoms with Crippen LogP contribution < -0.4 is 10.2 Å². The summed E-state index contributed by atoms with van der Waals surface area (Å²) in [5, 5.41) is 12.2. The lowest BCUT2D eigenvalue weighted by Crippen LogP contribution is -2.50. The first kappa shape index (κ1) is 15.5. The minimum absolute atomic E-state index is 0.0922. The van der Waals surface area contributed by atoms with E-state index in [1.54, 1.807) is 4.90 Å². The van der Waals surface area contributed by atoms with Crippen molar-refractivity contribution in [2.45, 2.75) is 38.6 Å². The molecule has 0 radical (unpaired) electrons. The average Bonchev–Trinajstić information content (AvgIpc) is 2.56. The Morgan fingerprint density at radius 3 is 2.86 bits per heavy atom. The van der Waals surface area contributed by atoms with E-state index >= 15 is 0 Å². The van der Waals surface area contributed by atoms with Gasteiger partial charge in [0.1, 0.15) is 0 Å². The highest BCUT2D eigenvalue weighted by Crippen LogP contribution is 2.23. The summed E-state index contributed by atoms with van der Waals surface area (Å²) in [5.74, 6) is 0.711. The standard InChI is InChI=1S/C17H23N3O/c1-2-14-9-11-19-16(13-14)17(21)20(12-6-10-18)15-7-4-3-5-8-15/h3-5,7-8,14,16,19H,2,6,9,11-13H2,1H3. The fraction of sp³-hybridized carbons (Fsp3) is 0.529. The van der Waals surface area contributed by atoms with E-state index in [9.17, 15) is 4.79 Å². The molecule has 0 bridgehead atoms. The third-order valence-corrected chi connectivity index (χ3v) is 4.17. The highest BCUT2D eigenvalue weighted by Gasteiger charge is 2.29. The number of para-hydroxylation sites is 1. The minimum Gasteiger partial charge on any atom is -0.310 e. The number of hydrogen-bond acceptors (Lipinski definition) is 3. The number of nitrogens with one attached hydrogen (secondary N) is 1. The SMILES string of the molecule is CCC1CCNC(C(=O)N(CCC#N)c2ccccc2)C1. The van der Waals surface area contributed by atoms with Crippen molar-refractivity contribution >= 4 is 11.6 Å². The molecule has 0 aliphatic carbocycles. The van der Waals surface area contributed by atoms with Crippen LogP contribution >= 0.6 is 0 Å². The smallest absolute Gasteiger partial charge is 0.244 e. The summed E-state index contributed by atoms with van der Waals surface area (Å²) in [6.45, 7) is 3.53. The number of piperidine rings is 1. The van der Waals surface area contributed by atoms with Crippen molar-refractivity contribution in [1.29, 1.82) is 5.26 Å². The number of carbonyl (C=O) groups is 1. The summed E-state index contributed by atoms with van der Waals surface area (Å²) in [6, 6.07) is 11.6. The molecule has 1 aromatic carbocycles. The molecule has 4 nitrogen and oxygen atoms in total. The first-order valence-corrected chi connectivity index (χ1v) is 7.73. The molecule has 1 aromatic rings. The molecule has 1 heterocycles. The summed E-state index contributed by atoms with van der Waals surface area (Å²) in [4.78, 5) is 14.6. The normalized spacial score (nSPS) is 21.5. The summed E-state index contributed by atoms with van der Waals surface area (Å²) in [5.41, 5.74) is 0.873. The molecule has 0 aromatic heterocycles. The van der Waals surface area contributed by atoms with Gasteiger partial charge in [-0.05, 0) is 37.4 Å². The Labute approximate surface area is 126 Å². The van der Waals surface area contributed by atoms with Gasteiger partial charge in [-0.15, -0.1) is 0 Å². The largest absolute Gasteiger partial charge is 0.310 e. The lowest BCUT2D eigenvalue weighted by molar-refractivity contribution is -0.121. The predicted octanol–water partition coefficient (Wildman–Crippen LogP) is 2.71. The molecule has 1 saturated heterocycles. The summed E-state index contributed by atoms with van der Waals surface area (Å²) >= 11 is 0. The Kier molecular flexibility index (Phi) is 5.77. The first-order valence-electron chi connectivity index (χ1n) is 7.73. The van der Waals surface area contributed by atoms with Gasteiger partial charge in [-0.25, -0.2) is 0 Å². The van der Waals surface area contributed by atoms with E-state index in [-0.39, 0.29) is 11.9 Å². The zero-order chi connectivity index (χ0) is 15.1. The average molecular weight is 285 g/mol. The number of carbonyl (C=O) groups excluding carboxylic acids is 1. The quantitative estimate of drug-likeness (QED) is 0.905. The third kappa shape index (κ3) is 4.05. The lowest BCUT2D eigenvalue weighted by Gasteiger charge is -2.33. The molecule has 1 aliphatic rings. The van der Waals surface area contributed by atoms with Crippen molar-refractivity contribution in [3.8, 4) is 6.07 Å². The van der Waals surface area contributed by atoms with Gasteiger partial charge in [-0.2, -0.15) is 5.26 Å². The van der Waals surface area contributed by atoms with Crippen molar-refractivity contribution in [2.75, 3.05) is 18.0 Å². The molecule has 2 rings (SSSR count). The van der Waals surface area contributed by atoms with Gasteiger partial charge in [0.05, 0.1) is 18.5 Å². The number of benzene rings is 1. The number of anilines is 1. The van der Waals surface area contributed by atoms with Crippen LogP contribution in [0.4, 0.5) is 5.69 Å². The second kappa shape index (κ2) is 7.80. The van der Waals surface area contributed by atoms with Gasteiger partial charge in [-0.1, -0.05) is 31.5 Å². The van der Waals surface area contributed by atoms with Crippen molar-refractivity contribution in [3.05, 3.63) is 30.3 Å². The van der Waals surface area contributed by atoms with Gasteiger partial charge >= 0.3 is 0 Å². The Hall–Kier alpha value is -1.86. The van der Waals surface area contributed by atoms with Crippen LogP contribution in [0.25, 0.3) is 0 Å². The third-order valence-electron chi connectivity index (χ3n) is 4.17. The molecule has 112 valence electrons. The zero-order valence-corrected chi connectivity index (χ0v) is 12.6. The number of nitrogens with zero attached hydrogens (tertiary/aromatic N) is 2. The van der Waals surface area contributed by atoms with Crippen LogP contribution in [0.2, 0.25) is 0 Å². The maximum atomic E-state index is 12.8. The molecule has 2 unspecified atom stereocenters. The summed E-state index contributed by atoms with van der Waals surface area (Å²) in [6.07, 6.45) is 3.51. The fourth-order valence-corrected chi connectivity index (χ4v) is 2.88. The minimum atomic E-state index is -0.123. The van der Waals surface area contributed by atoms with Crippen LogP contribution in [-0.4, -0.2) is 25.0 Å². The molecule has 21 heavy (non-hydrogen) atoms. The number of rotatable bonds is 5. The molecule has 1 aliphatic heterocycles. The molecule has 1 N–H and O–H groups in total. The Morgan fingerprint density at radius 1 is 1.43 bits per heavy atom. The Morgan fingerprint density at radius 2 is 2.19 bits per heavy atom. The van der Waals surface area contributed by atoms with E-state index in [0.717, 1.165) is 31.5 Å². The Bertz CT molecular complexity index is 495. The van der Waals surface area contributed by atoms with Crippen LogP contribution in [0.15, 0.2) is 30.3 Å². The highest BCUT2D eigenvalue weighted by atomic mass is 16.2. The van der Waals surface area contributed by atoms with E-state index in [0.29, 0.717) is 18.9 Å². The van der Waals surface area contributed by atoms with Crippen molar-refractivity contribution in [3.63, 3.8) is 0 Å². The molecule has 0 spiro atoms. The van der Waals surface area contributed by atoms with Crippen molar-refractivity contribution in [1.82, 2.24) is 5.32 Å². The fourth-order valence-electron chi connectivity index (χ4n) is 2.88. The molecule has 0 saturated carbocycles. The second-order valence-electron chi connectivity index (χ2n) is 5.54. The molecular formula is C17H23N3O. The molecule has 1 fully saturated rings. The van der Waals surface area contributed by atoms with E-state index in [1.165, 1.54) is 0 Å². The van der Waals surface area contributed by atoms with Gasteiger partial charge in [-0.3, -0.25) is 4.79 Å². The first-order chi connectivity index (χ1) is 10.3. The van der Waals surface area contributed by atoms with E-state index in [2.05, 4.69) is 18.3 Å². The lowest BCUT2D eigenvalue weighted by atomic mass is 9.90. The van der Waals surface area contributed by atoms with Gasteiger partial charge in [0.25, 0.3) is 0 Å². The maximum Gasteiger partial charge on any atom is 0.244 e. The summed E-state index contributed by atoms with van der Waals surface area (Å²) in [7, 11) is 0. The monoisotopic (exact) mass is 285 g/mol. The van der Waals surface area contributed by atoms with Gasteiger partial charge < -0.3 is 10.2 Å². The summed E-state index contributed by atoms with van der Waals surface area (Å²) < 4.78 is 0. The molecule has 2 atom stereocenters. The number of hydrogen-bond donors (Lipinski definition) is 1. The van der Waals surface area contributed by atoms with Gasteiger partial charge in [0.2, 0.25) is 5.91 Å². The number of nitriles is 1. The maximum absolute atomic E-state index is 12.8. The molecule has 4 heteroatoms. The number of amides is 1. The van der Waals surface area contributed by atoms with Crippen molar-refractivity contribution in [2.24, 2.45) is 5.92 Å². The molecule has 1 amide bonds.